The normalized spacial score (nSPS) is 32.2. The molecule has 8 nitrogen and oxygen atoms in total. The monoisotopic (exact) mass is 299 g/mol. The predicted molar refractivity (Wildman–Crippen MR) is 67.5 cm³/mol. The predicted octanol–water partition coefficient (Wildman–Crippen LogP) is -0.891. The van der Waals surface area contributed by atoms with Gasteiger partial charge in [0.2, 0.25) is 0 Å². The molecule has 2 aliphatic heterocycles. The molecule has 0 N–H and O–H groups in total. The van der Waals surface area contributed by atoms with Crippen LogP contribution in [-0.2, 0) is 24.5 Å². The molecular formula is C11H13N3O5S. The van der Waals surface area contributed by atoms with E-state index in [4.69, 9.17) is 0 Å². The number of carbonyl (C=O) groups excluding carboxylic acids is 2. The number of fused-ring (bicyclic) bond motifs is 3. The number of rotatable bonds is 2. The summed E-state index contributed by atoms with van der Waals surface area (Å²) in [5, 5.41) is 0. The second-order valence-corrected chi connectivity index (χ2v) is 7.09. The van der Waals surface area contributed by atoms with Crippen LogP contribution in [0.5, 0.6) is 0 Å². The molecule has 0 saturated carbocycles. The lowest BCUT2D eigenvalue weighted by Crippen LogP contribution is -2.49. The number of carbonyl (C=O) groups is 2. The van der Waals surface area contributed by atoms with Gasteiger partial charge in [0.05, 0.1) is 17.5 Å². The van der Waals surface area contributed by atoms with E-state index in [0.717, 1.165) is 8.61 Å². The summed E-state index contributed by atoms with van der Waals surface area (Å²) in [6.07, 6.45) is 3.21. The van der Waals surface area contributed by atoms with Gasteiger partial charge >= 0.3 is 22.1 Å². The fraction of sp³-hybridized carbons (Fsp3) is 0.545. The maximum Gasteiger partial charge on any atom is 0.320 e. The third-order valence-electron chi connectivity index (χ3n) is 3.76. The summed E-state index contributed by atoms with van der Waals surface area (Å²) >= 11 is 0. The van der Waals surface area contributed by atoms with Crippen LogP contribution in [0, 0.1) is 11.8 Å². The molecule has 20 heavy (non-hydrogen) atoms. The van der Waals surface area contributed by atoms with Gasteiger partial charge < -0.3 is 4.74 Å². The minimum Gasteiger partial charge on any atom is -0.393 e. The van der Waals surface area contributed by atoms with Crippen molar-refractivity contribution < 1.29 is 22.7 Å². The average molecular weight is 299 g/mol. The molecular weight excluding hydrogens is 286 g/mol. The van der Waals surface area contributed by atoms with Crippen molar-refractivity contribution in [3.63, 3.8) is 0 Å². The molecule has 0 radical (unpaired) electrons. The summed E-state index contributed by atoms with van der Waals surface area (Å²) in [6, 6.07) is -0.792. The van der Waals surface area contributed by atoms with Crippen molar-refractivity contribution in [2.75, 3.05) is 14.1 Å². The van der Waals surface area contributed by atoms with Crippen LogP contribution in [0.4, 0.5) is 0 Å². The van der Waals surface area contributed by atoms with E-state index < -0.39 is 40.0 Å². The average Bonchev–Trinajstić information content (AvgIpc) is 2.91. The van der Waals surface area contributed by atoms with Gasteiger partial charge in [0.25, 0.3) is 0 Å². The molecule has 0 unspecified atom stereocenters. The summed E-state index contributed by atoms with van der Waals surface area (Å²) in [7, 11) is -0.985. The maximum atomic E-state index is 12.3. The van der Waals surface area contributed by atoms with Crippen molar-refractivity contribution in [1.82, 2.24) is 8.61 Å². The van der Waals surface area contributed by atoms with Crippen LogP contribution in [0.2, 0.25) is 0 Å². The first-order valence-corrected chi connectivity index (χ1v) is 7.44. The Morgan fingerprint density at radius 1 is 1.35 bits per heavy atom. The second-order valence-electron chi connectivity index (χ2n) is 5.05. The molecule has 1 fully saturated rings. The zero-order chi connectivity index (χ0) is 14.7. The lowest BCUT2D eigenvalue weighted by molar-refractivity contribution is -0.153. The summed E-state index contributed by atoms with van der Waals surface area (Å²) < 4.78 is 31.2. The van der Waals surface area contributed by atoms with E-state index >= 15 is 0 Å². The van der Waals surface area contributed by atoms with E-state index in [2.05, 4.69) is 9.73 Å². The largest absolute Gasteiger partial charge is 0.393 e. The number of nitrogens with zero attached hydrogens (tertiary/aromatic N) is 3. The molecule has 3 aliphatic rings. The van der Waals surface area contributed by atoms with Gasteiger partial charge in [0, 0.05) is 14.1 Å². The van der Waals surface area contributed by atoms with Gasteiger partial charge in [0.15, 0.2) is 0 Å². The Morgan fingerprint density at radius 3 is 2.70 bits per heavy atom. The van der Waals surface area contributed by atoms with E-state index in [-0.39, 0.29) is 0 Å². The first-order chi connectivity index (χ1) is 9.34. The van der Waals surface area contributed by atoms with E-state index in [1.54, 1.807) is 6.08 Å². The molecule has 2 heterocycles. The molecule has 0 spiro atoms. The van der Waals surface area contributed by atoms with Gasteiger partial charge in [-0.15, -0.1) is 0 Å². The smallest absolute Gasteiger partial charge is 0.320 e. The third kappa shape index (κ3) is 1.63. The van der Waals surface area contributed by atoms with E-state index in [1.165, 1.54) is 20.4 Å². The number of hydrogen-bond acceptors (Lipinski definition) is 6. The van der Waals surface area contributed by atoms with Crippen LogP contribution in [0.1, 0.15) is 6.42 Å². The van der Waals surface area contributed by atoms with Crippen molar-refractivity contribution in [2.24, 2.45) is 16.8 Å². The number of esters is 2. The highest BCUT2D eigenvalue weighted by atomic mass is 32.2. The lowest BCUT2D eigenvalue weighted by atomic mass is 9.80. The zero-order valence-corrected chi connectivity index (χ0v) is 11.7. The molecule has 1 saturated heterocycles. The molecule has 0 aromatic rings. The molecule has 9 heteroatoms. The van der Waals surface area contributed by atoms with E-state index in [9.17, 15) is 18.0 Å². The lowest BCUT2D eigenvalue weighted by Gasteiger charge is -2.32. The number of hydrogen-bond donors (Lipinski definition) is 0. The molecule has 0 aromatic carbocycles. The Labute approximate surface area is 115 Å². The van der Waals surface area contributed by atoms with E-state index in [1.807, 2.05) is 0 Å². The molecule has 1 aliphatic carbocycles. The molecule has 3 rings (SSSR count). The Kier molecular flexibility index (Phi) is 2.73. The van der Waals surface area contributed by atoms with Gasteiger partial charge in [0.1, 0.15) is 12.4 Å². The van der Waals surface area contributed by atoms with Crippen LogP contribution in [0.3, 0.4) is 0 Å². The SMILES string of the molecule is CN(C)S(=O)(=O)N1C=NC2=CC[C@H]3C(=O)OC(=O)[C@H]3[C@H]21. The second kappa shape index (κ2) is 4.13. The summed E-state index contributed by atoms with van der Waals surface area (Å²) in [5.74, 6) is -2.72. The molecule has 0 bridgehead atoms. The highest BCUT2D eigenvalue weighted by molar-refractivity contribution is 7.87. The fourth-order valence-electron chi connectivity index (χ4n) is 2.70. The van der Waals surface area contributed by atoms with Gasteiger partial charge in [-0.3, -0.25) is 9.59 Å². The Hall–Kier alpha value is -1.74. The number of allylic oxidation sites excluding steroid dienone is 1. The zero-order valence-electron chi connectivity index (χ0n) is 10.9. The molecule has 0 amide bonds. The van der Waals surface area contributed by atoms with Crippen LogP contribution in [0.15, 0.2) is 16.8 Å². The van der Waals surface area contributed by atoms with Crippen LogP contribution < -0.4 is 0 Å². The third-order valence-corrected chi connectivity index (χ3v) is 5.53. The Balaban J connectivity index is 2.04. The van der Waals surface area contributed by atoms with Crippen LogP contribution >= 0.6 is 0 Å². The highest BCUT2D eigenvalue weighted by Crippen LogP contribution is 2.42. The number of aliphatic imine (C=N–C) groups is 1. The Bertz CT molecular complexity index is 651. The van der Waals surface area contributed by atoms with Gasteiger partial charge in [-0.2, -0.15) is 12.7 Å². The Morgan fingerprint density at radius 2 is 2.05 bits per heavy atom. The highest BCUT2D eigenvalue weighted by Gasteiger charge is 2.56. The van der Waals surface area contributed by atoms with E-state index in [0.29, 0.717) is 12.1 Å². The first-order valence-electron chi connectivity index (χ1n) is 6.05. The number of ether oxygens (including phenoxy) is 1. The fourth-order valence-corrected chi connectivity index (χ4v) is 3.77. The van der Waals surface area contributed by atoms with Crippen molar-refractivity contribution >= 4 is 28.5 Å². The van der Waals surface area contributed by atoms with Crippen molar-refractivity contribution in [1.29, 1.82) is 0 Å². The van der Waals surface area contributed by atoms with Crippen molar-refractivity contribution in [3.05, 3.63) is 11.8 Å². The molecule has 108 valence electrons. The first kappa shape index (κ1) is 13.3. The quantitative estimate of drug-likeness (QED) is 0.487. The van der Waals surface area contributed by atoms with Crippen LogP contribution in [0.25, 0.3) is 0 Å². The summed E-state index contributed by atoms with van der Waals surface area (Å²) in [5.41, 5.74) is 0.489. The molecule has 0 aromatic heterocycles. The molecule has 3 atom stereocenters. The van der Waals surface area contributed by atoms with Crippen LogP contribution in [-0.4, -0.2) is 55.4 Å². The van der Waals surface area contributed by atoms with Gasteiger partial charge in [-0.25, -0.2) is 9.30 Å². The minimum absolute atomic E-state index is 0.342. The minimum atomic E-state index is -3.77. The summed E-state index contributed by atoms with van der Waals surface area (Å²) in [4.78, 5) is 27.5. The van der Waals surface area contributed by atoms with Gasteiger partial charge in [-0.1, -0.05) is 6.08 Å². The standard InChI is InChI=1S/C11H13N3O5S/c1-13(2)20(17,18)14-5-12-7-4-3-6-8(9(7)14)11(16)19-10(6)15/h4-6,8-9H,3H2,1-2H3/t6-,8-,9+/m1/s1. The van der Waals surface area contributed by atoms with Crippen molar-refractivity contribution in [3.8, 4) is 0 Å². The topological polar surface area (TPSA) is 96.4 Å². The van der Waals surface area contributed by atoms with Gasteiger partial charge in [-0.05, 0) is 6.42 Å². The van der Waals surface area contributed by atoms with Crippen molar-refractivity contribution in [2.45, 2.75) is 12.5 Å². The summed E-state index contributed by atoms with van der Waals surface area (Å²) in [6.45, 7) is 0. The maximum absolute atomic E-state index is 12.3. The number of cyclic esters (lactones) is 2.